The lowest BCUT2D eigenvalue weighted by molar-refractivity contribution is -0.00556. The van der Waals surface area contributed by atoms with Crippen LogP contribution in [0, 0.1) is 17.8 Å². The zero-order valence-corrected chi connectivity index (χ0v) is 27.9. The molecule has 3 saturated heterocycles. The fourth-order valence-corrected chi connectivity index (χ4v) is 7.71. The molecule has 3 aliphatic heterocycles. The van der Waals surface area contributed by atoms with Crippen molar-refractivity contribution in [2.24, 2.45) is 17.8 Å². The molecule has 4 fully saturated rings. The summed E-state index contributed by atoms with van der Waals surface area (Å²) in [6, 6.07) is 17.6. The number of methoxy groups -OCH3 is 1. The van der Waals surface area contributed by atoms with E-state index in [-0.39, 0.29) is 6.09 Å². The van der Waals surface area contributed by atoms with Gasteiger partial charge < -0.3 is 34.1 Å². The smallest absolute Gasteiger partial charge is 0.410 e. The lowest BCUT2D eigenvalue weighted by Crippen LogP contribution is -2.54. The van der Waals surface area contributed by atoms with Crippen LogP contribution in [-0.2, 0) is 4.74 Å². The first kappa shape index (κ1) is 30.1. The molecule has 1 aliphatic carbocycles. The number of anilines is 3. The van der Waals surface area contributed by atoms with Crippen LogP contribution in [0.4, 0.5) is 22.1 Å². The lowest BCUT2D eigenvalue weighted by atomic mass is 10.0. The highest BCUT2D eigenvalue weighted by atomic mass is 16.6. The van der Waals surface area contributed by atoms with Crippen LogP contribution in [0.1, 0.15) is 39.7 Å². The monoisotopic (exact) mass is 635 g/mol. The maximum atomic E-state index is 12.3. The van der Waals surface area contributed by atoms with Crippen LogP contribution in [0.2, 0.25) is 0 Å². The minimum absolute atomic E-state index is 0.187. The van der Waals surface area contributed by atoms with Crippen LogP contribution in [0.5, 0.6) is 5.75 Å². The van der Waals surface area contributed by atoms with Gasteiger partial charge in [-0.2, -0.15) is 0 Å². The summed E-state index contributed by atoms with van der Waals surface area (Å²) in [6.45, 7) is 12.7. The highest BCUT2D eigenvalue weighted by Crippen LogP contribution is 2.42. The second-order valence-corrected chi connectivity index (χ2v) is 14.9. The molecular weight excluding hydrogens is 590 g/mol. The summed E-state index contributed by atoms with van der Waals surface area (Å²) in [7, 11) is 1.72. The van der Waals surface area contributed by atoms with E-state index in [4.69, 9.17) is 14.5 Å². The maximum Gasteiger partial charge on any atom is 0.410 e. The highest BCUT2D eigenvalue weighted by molar-refractivity contribution is 5.95. The van der Waals surface area contributed by atoms with Crippen LogP contribution in [0.3, 0.4) is 0 Å². The normalized spacial score (nSPS) is 21.6. The molecule has 8 rings (SSSR count). The predicted molar refractivity (Wildman–Crippen MR) is 184 cm³/mol. The summed E-state index contributed by atoms with van der Waals surface area (Å²) in [5.74, 6) is 3.17. The van der Waals surface area contributed by atoms with Gasteiger partial charge in [0.1, 0.15) is 11.4 Å². The number of ether oxygens (including phenoxy) is 2. The summed E-state index contributed by atoms with van der Waals surface area (Å²) >= 11 is 0. The standard InChI is InChI=1S/C37H45N7O3/c1-37(2,3)47-36(45)43-17-24(18-43)16-41-19-25-21-42(22-26(25)20-41)28-11-12-32(34(15-28)46-4)40-35-38-14-13-31(39-35)30-23-44(27-9-10-27)33-8-6-5-7-29(30)33/h5-8,11-15,23-27H,9-10,16-22H2,1-4H3,(H,38,39,40). The summed E-state index contributed by atoms with van der Waals surface area (Å²) in [5, 5.41) is 4.65. The van der Waals surface area contributed by atoms with E-state index in [1.54, 1.807) is 7.11 Å². The van der Waals surface area contributed by atoms with E-state index in [1.165, 1.54) is 29.4 Å². The van der Waals surface area contributed by atoms with Crippen LogP contribution < -0.4 is 15.0 Å². The molecule has 2 unspecified atom stereocenters. The van der Waals surface area contributed by atoms with E-state index in [9.17, 15) is 4.79 Å². The number of hydrogen-bond donors (Lipinski definition) is 1. The van der Waals surface area contributed by atoms with E-state index >= 15 is 0 Å². The molecular formula is C37H45N7O3. The number of para-hydroxylation sites is 1. The number of aromatic nitrogens is 3. The second-order valence-electron chi connectivity index (χ2n) is 14.9. The quantitative estimate of drug-likeness (QED) is 0.237. The molecule has 1 saturated carbocycles. The first-order chi connectivity index (χ1) is 22.7. The van der Waals surface area contributed by atoms with E-state index in [1.807, 2.05) is 37.9 Å². The van der Waals surface area contributed by atoms with E-state index in [2.05, 4.69) is 73.3 Å². The summed E-state index contributed by atoms with van der Waals surface area (Å²) in [6.07, 6.45) is 6.36. The fourth-order valence-electron chi connectivity index (χ4n) is 7.71. The third-order valence-electron chi connectivity index (χ3n) is 10.1. The average Bonchev–Trinajstić information content (AvgIpc) is 3.51. The van der Waals surface area contributed by atoms with Crippen LogP contribution in [0.15, 0.2) is 60.9 Å². The SMILES string of the molecule is COc1cc(N2CC3CN(CC4CN(C(=O)OC(C)(C)C)C4)CC3C2)ccc1Nc1nccc(-c2cn(C3CC3)c3ccccc23)n1. The topological polar surface area (TPSA) is 88.0 Å². The number of carbonyl (C=O) groups excluding carboxylic acids is 1. The van der Waals surface area contributed by atoms with Gasteiger partial charge in [-0.3, -0.25) is 0 Å². The van der Waals surface area contributed by atoms with E-state index in [0.717, 1.165) is 68.5 Å². The van der Waals surface area contributed by atoms with Gasteiger partial charge in [0.25, 0.3) is 0 Å². The molecule has 1 N–H and O–H groups in total. The molecule has 0 spiro atoms. The lowest BCUT2D eigenvalue weighted by Gasteiger charge is -2.41. The largest absolute Gasteiger partial charge is 0.494 e. The molecule has 0 bridgehead atoms. The van der Waals surface area contributed by atoms with Crippen LogP contribution in [-0.4, -0.2) is 89.0 Å². The number of rotatable bonds is 8. The van der Waals surface area contributed by atoms with Gasteiger partial charge in [0.2, 0.25) is 5.95 Å². The van der Waals surface area contributed by atoms with E-state index in [0.29, 0.717) is 29.7 Å². The number of carbonyl (C=O) groups is 1. The van der Waals surface area contributed by atoms with Gasteiger partial charge in [-0.1, -0.05) is 18.2 Å². The Hall–Kier alpha value is -4.31. The van der Waals surface area contributed by atoms with Gasteiger partial charge in [-0.25, -0.2) is 14.8 Å². The summed E-state index contributed by atoms with van der Waals surface area (Å²) in [4.78, 5) is 28.7. The predicted octanol–water partition coefficient (Wildman–Crippen LogP) is 6.42. The first-order valence-corrected chi connectivity index (χ1v) is 17.0. The van der Waals surface area contributed by atoms with Crippen molar-refractivity contribution in [1.29, 1.82) is 0 Å². The number of amides is 1. The number of benzene rings is 2. The number of hydrogen-bond acceptors (Lipinski definition) is 8. The van der Waals surface area contributed by atoms with Crippen molar-refractivity contribution in [2.75, 3.05) is 63.1 Å². The van der Waals surface area contributed by atoms with Gasteiger partial charge in [0.15, 0.2) is 0 Å². The average molecular weight is 636 g/mol. The number of likely N-dealkylation sites (tertiary alicyclic amines) is 2. The Labute approximate surface area is 276 Å². The molecule has 0 radical (unpaired) electrons. The molecule has 1 amide bonds. The second kappa shape index (κ2) is 11.7. The van der Waals surface area contributed by atoms with Gasteiger partial charge in [0.05, 0.1) is 18.5 Å². The molecule has 5 heterocycles. The molecule has 10 heteroatoms. The minimum atomic E-state index is -0.444. The Morgan fingerprint density at radius 2 is 1.74 bits per heavy atom. The Morgan fingerprint density at radius 1 is 0.979 bits per heavy atom. The maximum absolute atomic E-state index is 12.3. The van der Waals surface area contributed by atoms with Crippen molar-refractivity contribution in [3.8, 4) is 17.0 Å². The highest BCUT2D eigenvalue weighted by Gasteiger charge is 2.42. The molecule has 4 aromatic rings. The number of nitrogens with zero attached hydrogens (tertiary/aromatic N) is 6. The van der Waals surface area contributed by atoms with Crippen molar-refractivity contribution >= 4 is 34.3 Å². The van der Waals surface area contributed by atoms with Crippen LogP contribution in [0.25, 0.3) is 22.2 Å². The Morgan fingerprint density at radius 3 is 2.47 bits per heavy atom. The zero-order valence-electron chi connectivity index (χ0n) is 27.9. The van der Waals surface area contributed by atoms with Crippen molar-refractivity contribution < 1.29 is 14.3 Å². The third-order valence-corrected chi connectivity index (χ3v) is 10.1. The first-order valence-electron chi connectivity index (χ1n) is 17.0. The molecule has 4 aliphatic rings. The molecule has 2 aromatic heterocycles. The van der Waals surface area contributed by atoms with Gasteiger partial charge in [-0.05, 0) is 69.7 Å². The molecule has 47 heavy (non-hydrogen) atoms. The van der Waals surface area contributed by atoms with Crippen molar-refractivity contribution in [3.63, 3.8) is 0 Å². The van der Waals surface area contributed by atoms with Crippen molar-refractivity contribution in [3.05, 3.63) is 60.9 Å². The van der Waals surface area contributed by atoms with Crippen molar-refractivity contribution in [1.82, 2.24) is 24.3 Å². The Bertz CT molecular complexity index is 1770. The van der Waals surface area contributed by atoms with Crippen molar-refractivity contribution in [2.45, 2.75) is 45.3 Å². The molecule has 2 atom stereocenters. The molecule has 10 nitrogen and oxygen atoms in total. The van der Waals surface area contributed by atoms with Gasteiger partial charge in [-0.15, -0.1) is 0 Å². The summed E-state index contributed by atoms with van der Waals surface area (Å²) in [5.41, 5.74) is 4.89. The zero-order chi connectivity index (χ0) is 32.3. The van der Waals surface area contributed by atoms with Gasteiger partial charge >= 0.3 is 6.09 Å². The Balaban J connectivity index is 0.889. The van der Waals surface area contributed by atoms with Crippen LogP contribution >= 0.6 is 0 Å². The van der Waals surface area contributed by atoms with Gasteiger partial charge in [0, 0.05) is 98.4 Å². The molecule has 2 aromatic carbocycles. The fraction of sp³-hybridized carbons (Fsp3) is 0.486. The summed E-state index contributed by atoms with van der Waals surface area (Å²) < 4.78 is 13.8. The number of nitrogens with one attached hydrogen (secondary N) is 1. The minimum Gasteiger partial charge on any atom is -0.494 e. The third kappa shape index (κ3) is 6.11. The van der Waals surface area contributed by atoms with E-state index < -0.39 is 5.60 Å². The number of fused-ring (bicyclic) bond motifs is 2. The molecule has 246 valence electrons. The Kier molecular flexibility index (Phi) is 7.50.